The maximum Gasteiger partial charge on any atom is 0.227 e. The molecule has 0 radical (unpaired) electrons. The molecule has 1 aliphatic rings. The van der Waals surface area contributed by atoms with Crippen molar-refractivity contribution in [3.8, 4) is 11.4 Å². The molecule has 2 aromatic heterocycles. The summed E-state index contributed by atoms with van der Waals surface area (Å²) in [7, 11) is 0. The summed E-state index contributed by atoms with van der Waals surface area (Å²) in [5, 5.41) is 4.20. The average molecular weight is 432 g/mol. The maximum absolute atomic E-state index is 12.8. The van der Waals surface area contributed by atoms with Crippen molar-refractivity contribution in [2.24, 2.45) is 5.92 Å². The number of likely N-dealkylation sites (tertiary alicyclic amines) is 1. The maximum atomic E-state index is 12.8. The molecule has 0 atom stereocenters. The number of imidazole rings is 1. The molecule has 158 valence electrons. The number of aryl methyl sites for hydroxylation is 1. The molecule has 1 saturated heterocycles. The summed E-state index contributed by atoms with van der Waals surface area (Å²) in [5.41, 5.74) is 3.80. The van der Waals surface area contributed by atoms with Crippen molar-refractivity contribution in [1.29, 1.82) is 0 Å². The van der Waals surface area contributed by atoms with Gasteiger partial charge in [-0.3, -0.25) is 9.69 Å². The summed E-state index contributed by atoms with van der Waals surface area (Å²) < 4.78 is 0. The highest BCUT2D eigenvalue weighted by Gasteiger charge is 2.25. The second-order valence-corrected chi connectivity index (χ2v) is 9.38. The summed E-state index contributed by atoms with van der Waals surface area (Å²) in [6, 6.07) is 15.9. The Hall–Kier alpha value is -3.03. The number of carbonyl (C=O) groups is 1. The summed E-state index contributed by atoms with van der Waals surface area (Å²) >= 11 is 1.75. The Morgan fingerprint density at radius 3 is 2.65 bits per heavy atom. The van der Waals surface area contributed by atoms with E-state index in [1.54, 1.807) is 11.3 Å². The molecule has 7 heteroatoms. The Bertz CT molecular complexity index is 1160. The highest BCUT2D eigenvalue weighted by molar-refractivity contribution is 7.11. The van der Waals surface area contributed by atoms with E-state index in [0.717, 1.165) is 65.6 Å². The largest absolute Gasteiger partial charge is 0.338 e. The first-order valence-corrected chi connectivity index (χ1v) is 11.5. The van der Waals surface area contributed by atoms with E-state index in [4.69, 9.17) is 0 Å². The Morgan fingerprint density at radius 1 is 1.16 bits per heavy atom. The molecule has 2 N–H and O–H groups in total. The number of hydrogen-bond acceptors (Lipinski definition) is 5. The fourth-order valence-electron chi connectivity index (χ4n) is 4.10. The van der Waals surface area contributed by atoms with Crippen molar-refractivity contribution in [3.05, 3.63) is 64.6 Å². The molecule has 31 heavy (non-hydrogen) atoms. The van der Waals surface area contributed by atoms with E-state index >= 15 is 0 Å². The molecule has 1 amide bonds. The van der Waals surface area contributed by atoms with Crippen LogP contribution in [0.5, 0.6) is 0 Å². The van der Waals surface area contributed by atoms with Crippen LogP contribution in [-0.2, 0) is 11.3 Å². The van der Waals surface area contributed by atoms with Gasteiger partial charge in [0.2, 0.25) is 5.91 Å². The lowest BCUT2D eigenvalue weighted by Crippen LogP contribution is -2.37. The number of fused-ring (bicyclic) bond motifs is 1. The highest BCUT2D eigenvalue weighted by Crippen LogP contribution is 2.25. The Labute approximate surface area is 185 Å². The molecule has 5 rings (SSSR count). The number of H-pyrrole nitrogens is 1. The molecule has 6 nitrogen and oxygen atoms in total. The van der Waals surface area contributed by atoms with Gasteiger partial charge >= 0.3 is 0 Å². The monoisotopic (exact) mass is 431 g/mol. The summed E-state index contributed by atoms with van der Waals surface area (Å²) in [5.74, 6) is 1.02. The topological polar surface area (TPSA) is 73.9 Å². The molecular weight excluding hydrogens is 406 g/mol. The highest BCUT2D eigenvalue weighted by atomic mass is 32.1. The summed E-state index contributed by atoms with van der Waals surface area (Å²) in [6.45, 7) is 4.86. The second kappa shape index (κ2) is 8.61. The van der Waals surface area contributed by atoms with E-state index in [-0.39, 0.29) is 11.8 Å². The van der Waals surface area contributed by atoms with Crippen LogP contribution in [0, 0.1) is 12.8 Å². The first-order chi connectivity index (χ1) is 15.1. The van der Waals surface area contributed by atoms with Crippen LogP contribution in [0.3, 0.4) is 0 Å². The van der Waals surface area contributed by atoms with Gasteiger partial charge < -0.3 is 10.3 Å². The van der Waals surface area contributed by atoms with E-state index in [1.165, 1.54) is 4.88 Å². The molecule has 1 aliphatic heterocycles. The molecular formula is C24H25N5OS. The Kier molecular flexibility index (Phi) is 5.53. The number of nitrogens with zero attached hydrogens (tertiary/aromatic N) is 3. The zero-order chi connectivity index (χ0) is 21.2. The minimum absolute atomic E-state index is 0.0643. The number of benzene rings is 2. The number of para-hydroxylation sites is 2. The van der Waals surface area contributed by atoms with Crippen molar-refractivity contribution < 1.29 is 4.79 Å². The summed E-state index contributed by atoms with van der Waals surface area (Å²) in [4.78, 5) is 28.8. The number of anilines is 1. The van der Waals surface area contributed by atoms with Gasteiger partial charge in [0.25, 0.3) is 0 Å². The number of thiazole rings is 1. The number of amides is 1. The zero-order valence-corrected chi connectivity index (χ0v) is 18.3. The van der Waals surface area contributed by atoms with Gasteiger partial charge in [0.05, 0.1) is 16.0 Å². The molecule has 0 spiro atoms. The molecule has 0 aliphatic carbocycles. The van der Waals surface area contributed by atoms with E-state index < -0.39 is 0 Å². The van der Waals surface area contributed by atoms with Crippen LogP contribution in [0.4, 0.5) is 5.69 Å². The van der Waals surface area contributed by atoms with Crippen LogP contribution in [0.15, 0.2) is 54.7 Å². The van der Waals surface area contributed by atoms with Crippen molar-refractivity contribution in [2.45, 2.75) is 26.3 Å². The predicted octanol–water partition coefficient (Wildman–Crippen LogP) is 4.85. The molecule has 4 aromatic rings. The van der Waals surface area contributed by atoms with E-state index in [0.29, 0.717) is 0 Å². The number of hydrogen-bond donors (Lipinski definition) is 2. The van der Waals surface area contributed by atoms with E-state index in [9.17, 15) is 4.79 Å². The van der Waals surface area contributed by atoms with E-state index in [1.807, 2.05) is 61.7 Å². The first-order valence-electron chi connectivity index (χ1n) is 10.6. The van der Waals surface area contributed by atoms with Gasteiger partial charge in [0.15, 0.2) is 0 Å². The summed E-state index contributed by atoms with van der Waals surface area (Å²) in [6.07, 6.45) is 3.75. The van der Waals surface area contributed by atoms with Gasteiger partial charge in [-0.2, -0.15) is 0 Å². The smallest absolute Gasteiger partial charge is 0.227 e. The minimum Gasteiger partial charge on any atom is -0.338 e. The fourth-order valence-corrected chi connectivity index (χ4v) is 4.93. The lowest BCUT2D eigenvalue weighted by atomic mass is 9.95. The van der Waals surface area contributed by atoms with Crippen LogP contribution >= 0.6 is 11.3 Å². The van der Waals surface area contributed by atoms with Crippen LogP contribution in [0.1, 0.15) is 22.7 Å². The van der Waals surface area contributed by atoms with Gasteiger partial charge in [0, 0.05) is 34.8 Å². The Morgan fingerprint density at radius 2 is 1.94 bits per heavy atom. The third-order valence-electron chi connectivity index (χ3n) is 5.82. The lowest BCUT2D eigenvalue weighted by molar-refractivity contribution is -0.121. The van der Waals surface area contributed by atoms with Gasteiger partial charge in [-0.25, -0.2) is 9.97 Å². The Balaban J connectivity index is 1.16. The third kappa shape index (κ3) is 4.52. The van der Waals surface area contributed by atoms with Crippen LogP contribution in [0.25, 0.3) is 22.4 Å². The van der Waals surface area contributed by atoms with Crippen molar-refractivity contribution in [3.63, 3.8) is 0 Å². The van der Waals surface area contributed by atoms with Gasteiger partial charge in [-0.15, -0.1) is 11.3 Å². The van der Waals surface area contributed by atoms with Crippen LogP contribution in [-0.4, -0.2) is 38.8 Å². The normalized spacial score (nSPS) is 15.4. The lowest BCUT2D eigenvalue weighted by Gasteiger charge is -2.30. The van der Waals surface area contributed by atoms with Crippen molar-refractivity contribution in [2.75, 3.05) is 18.4 Å². The van der Waals surface area contributed by atoms with Crippen LogP contribution in [0.2, 0.25) is 0 Å². The van der Waals surface area contributed by atoms with Gasteiger partial charge in [-0.1, -0.05) is 12.1 Å². The predicted molar refractivity (Wildman–Crippen MR) is 125 cm³/mol. The standard InChI is InChI=1S/C24H25N5OS/c1-16-25-14-20(31-16)15-29-12-10-18(11-13-29)24(30)26-19-8-6-17(7-9-19)23-27-21-4-2-3-5-22(21)28-23/h2-9,14,18H,10-13,15H2,1H3,(H,26,30)(H,27,28). The molecule has 0 saturated carbocycles. The van der Waals surface area contributed by atoms with Crippen molar-refractivity contribution >= 4 is 34.0 Å². The number of aromatic nitrogens is 3. The number of nitrogens with one attached hydrogen (secondary N) is 2. The molecule has 0 bridgehead atoms. The molecule has 1 fully saturated rings. The number of aromatic amines is 1. The number of piperidine rings is 1. The average Bonchev–Trinajstić information content (AvgIpc) is 3.40. The van der Waals surface area contributed by atoms with Gasteiger partial charge in [0.1, 0.15) is 5.82 Å². The second-order valence-electron chi connectivity index (χ2n) is 8.07. The van der Waals surface area contributed by atoms with Crippen molar-refractivity contribution in [1.82, 2.24) is 19.9 Å². The molecule has 0 unspecified atom stereocenters. The SMILES string of the molecule is Cc1ncc(CN2CCC(C(=O)Nc3ccc(-c4nc5ccccc5[nH]4)cc3)CC2)s1. The zero-order valence-electron chi connectivity index (χ0n) is 17.5. The van der Waals surface area contributed by atoms with Crippen LogP contribution < -0.4 is 5.32 Å². The first kappa shape index (κ1) is 19.9. The minimum atomic E-state index is 0.0643. The third-order valence-corrected chi connectivity index (χ3v) is 6.72. The number of carbonyl (C=O) groups excluding carboxylic acids is 1. The number of rotatable bonds is 5. The van der Waals surface area contributed by atoms with Gasteiger partial charge in [-0.05, 0) is 69.3 Å². The fraction of sp³-hybridized carbons (Fsp3) is 0.292. The van der Waals surface area contributed by atoms with E-state index in [2.05, 4.69) is 25.2 Å². The molecule has 2 aromatic carbocycles. The quantitative estimate of drug-likeness (QED) is 0.474. The molecule has 3 heterocycles.